The monoisotopic (exact) mass is 284 g/mol. The lowest BCUT2D eigenvalue weighted by atomic mass is 10.1. The summed E-state index contributed by atoms with van der Waals surface area (Å²) in [6.45, 7) is 0. The number of carboxylic acids is 1. The van der Waals surface area contributed by atoms with Gasteiger partial charge in [0.1, 0.15) is 0 Å². The Hall–Kier alpha value is -2.69. The number of aromatic nitrogens is 1. The summed E-state index contributed by atoms with van der Waals surface area (Å²) in [4.78, 5) is 26.6. The van der Waals surface area contributed by atoms with Crippen LogP contribution in [-0.4, -0.2) is 22.0 Å². The van der Waals surface area contributed by atoms with Crippen molar-refractivity contribution in [3.63, 3.8) is 0 Å². The van der Waals surface area contributed by atoms with E-state index < -0.39 is 5.97 Å². The summed E-state index contributed by atoms with van der Waals surface area (Å²) in [5, 5.41) is 11.6. The molecule has 0 aliphatic rings. The fourth-order valence-electron chi connectivity index (χ4n) is 1.99. The normalized spacial score (nSPS) is 10.1. The van der Waals surface area contributed by atoms with Gasteiger partial charge in [0.05, 0.1) is 5.69 Å². The van der Waals surface area contributed by atoms with Gasteiger partial charge in [-0.2, -0.15) is 0 Å². The molecule has 2 rings (SSSR count). The number of benzene rings is 1. The van der Waals surface area contributed by atoms with Crippen molar-refractivity contribution in [2.75, 3.05) is 5.32 Å². The van der Waals surface area contributed by atoms with Gasteiger partial charge in [-0.1, -0.05) is 30.3 Å². The van der Waals surface area contributed by atoms with E-state index >= 15 is 0 Å². The van der Waals surface area contributed by atoms with E-state index in [4.69, 9.17) is 5.11 Å². The van der Waals surface area contributed by atoms with Crippen LogP contribution in [0.3, 0.4) is 0 Å². The van der Waals surface area contributed by atoms with Gasteiger partial charge in [0.15, 0.2) is 5.69 Å². The second-order valence-corrected chi connectivity index (χ2v) is 4.59. The van der Waals surface area contributed by atoms with Gasteiger partial charge in [-0.05, 0) is 30.5 Å². The van der Waals surface area contributed by atoms with Crippen LogP contribution in [0.15, 0.2) is 48.7 Å². The topological polar surface area (TPSA) is 79.3 Å². The molecule has 0 unspecified atom stereocenters. The summed E-state index contributed by atoms with van der Waals surface area (Å²) in [5.41, 5.74) is 1.27. The Morgan fingerprint density at radius 2 is 1.86 bits per heavy atom. The number of aryl methyl sites for hydroxylation is 1. The minimum Gasteiger partial charge on any atom is -0.476 e. The molecule has 0 bridgehead atoms. The zero-order chi connectivity index (χ0) is 15.1. The smallest absolute Gasteiger partial charge is 0.356 e. The van der Waals surface area contributed by atoms with E-state index in [0.717, 1.165) is 6.42 Å². The molecule has 2 N–H and O–H groups in total. The van der Waals surface area contributed by atoms with Crippen LogP contribution in [0, 0.1) is 0 Å². The highest BCUT2D eigenvalue weighted by Crippen LogP contribution is 2.13. The Morgan fingerprint density at radius 3 is 2.57 bits per heavy atom. The van der Waals surface area contributed by atoms with Crippen molar-refractivity contribution in [2.24, 2.45) is 0 Å². The Bertz CT molecular complexity index is 626. The first-order valence-electron chi connectivity index (χ1n) is 6.69. The Balaban J connectivity index is 1.86. The molecule has 0 radical (unpaired) electrons. The highest BCUT2D eigenvalue weighted by molar-refractivity contribution is 5.98. The van der Waals surface area contributed by atoms with Crippen molar-refractivity contribution in [1.29, 1.82) is 0 Å². The Labute approximate surface area is 122 Å². The summed E-state index contributed by atoms with van der Waals surface area (Å²) in [7, 11) is 0. The van der Waals surface area contributed by atoms with Gasteiger partial charge < -0.3 is 10.4 Å². The number of anilines is 1. The number of carbonyl (C=O) groups excluding carboxylic acids is 1. The highest BCUT2D eigenvalue weighted by Gasteiger charge is 2.13. The lowest BCUT2D eigenvalue weighted by Crippen LogP contribution is -2.15. The van der Waals surface area contributed by atoms with Crippen molar-refractivity contribution < 1.29 is 14.7 Å². The number of hydrogen-bond acceptors (Lipinski definition) is 3. The van der Waals surface area contributed by atoms with E-state index in [2.05, 4.69) is 10.3 Å². The standard InChI is InChI=1S/C16H16N2O3/c19-14(10-4-8-12-6-2-1-3-7-12)18-13-9-5-11-17-15(13)16(20)21/h1-3,5-7,9,11H,4,8,10H2,(H,18,19)(H,20,21). The predicted octanol–water partition coefficient (Wildman–Crippen LogP) is 2.74. The lowest BCUT2D eigenvalue weighted by molar-refractivity contribution is -0.116. The number of carboxylic acid groups (broad SMARTS) is 1. The van der Waals surface area contributed by atoms with E-state index in [-0.39, 0.29) is 17.3 Å². The van der Waals surface area contributed by atoms with Crippen LogP contribution in [0.2, 0.25) is 0 Å². The first-order chi connectivity index (χ1) is 10.2. The van der Waals surface area contributed by atoms with Gasteiger partial charge in [-0.15, -0.1) is 0 Å². The zero-order valence-corrected chi connectivity index (χ0v) is 11.5. The van der Waals surface area contributed by atoms with Crippen molar-refractivity contribution >= 4 is 17.6 Å². The molecular formula is C16H16N2O3. The second kappa shape index (κ2) is 7.19. The second-order valence-electron chi connectivity index (χ2n) is 4.59. The van der Waals surface area contributed by atoms with Crippen molar-refractivity contribution in [3.8, 4) is 0 Å². The number of amides is 1. The molecule has 0 fully saturated rings. The summed E-state index contributed by atoms with van der Waals surface area (Å²) in [6, 6.07) is 13.0. The molecule has 0 aliphatic carbocycles. The molecule has 21 heavy (non-hydrogen) atoms. The number of pyridine rings is 1. The van der Waals surface area contributed by atoms with Crippen LogP contribution >= 0.6 is 0 Å². The summed E-state index contributed by atoms with van der Waals surface area (Å²) >= 11 is 0. The number of nitrogens with one attached hydrogen (secondary N) is 1. The number of rotatable bonds is 6. The van der Waals surface area contributed by atoms with Crippen LogP contribution in [0.1, 0.15) is 28.9 Å². The lowest BCUT2D eigenvalue weighted by Gasteiger charge is -2.07. The third kappa shape index (κ3) is 4.42. The molecule has 1 heterocycles. The van der Waals surface area contributed by atoms with Gasteiger partial charge in [-0.3, -0.25) is 4.79 Å². The maximum absolute atomic E-state index is 11.8. The first kappa shape index (κ1) is 14.7. The SMILES string of the molecule is O=C(CCCc1ccccc1)Nc1cccnc1C(=O)O. The average molecular weight is 284 g/mol. The maximum atomic E-state index is 11.8. The molecule has 0 saturated heterocycles. The Morgan fingerprint density at radius 1 is 1.10 bits per heavy atom. The number of carbonyl (C=O) groups is 2. The quantitative estimate of drug-likeness (QED) is 0.854. The zero-order valence-electron chi connectivity index (χ0n) is 11.5. The third-order valence-corrected chi connectivity index (χ3v) is 3.00. The number of hydrogen-bond donors (Lipinski definition) is 2. The van der Waals surface area contributed by atoms with Gasteiger partial charge in [0, 0.05) is 12.6 Å². The minimum absolute atomic E-state index is 0.145. The molecule has 0 saturated carbocycles. The van der Waals surface area contributed by atoms with Gasteiger partial charge in [0.25, 0.3) is 0 Å². The molecular weight excluding hydrogens is 268 g/mol. The van der Waals surface area contributed by atoms with E-state index in [9.17, 15) is 9.59 Å². The fourth-order valence-corrected chi connectivity index (χ4v) is 1.99. The number of aromatic carboxylic acids is 1. The van der Waals surface area contributed by atoms with Gasteiger partial charge in [0.2, 0.25) is 5.91 Å². The summed E-state index contributed by atoms with van der Waals surface area (Å²) in [5.74, 6) is -1.36. The third-order valence-electron chi connectivity index (χ3n) is 3.00. The molecule has 1 amide bonds. The van der Waals surface area contributed by atoms with Crippen LogP contribution in [0.5, 0.6) is 0 Å². The molecule has 0 spiro atoms. The molecule has 5 heteroatoms. The molecule has 5 nitrogen and oxygen atoms in total. The average Bonchev–Trinajstić information content (AvgIpc) is 2.48. The maximum Gasteiger partial charge on any atom is 0.356 e. The van der Waals surface area contributed by atoms with E-state index in [1.54, 1.807) is 6.07 Å². The van der Waals surface area contributed by atoms with Crippen LogP contribution < -0.4 is 5.32 Å². The fraction of sp³-hybridized carbons (Fsp3) is 0.188. The molecule has 1 aromatic carbocycles. The highest BCUT2D eigenvalue weighted by atomic mass is 16.4. The van der Waals surface area contributed by atoms with E-state index in [1.807, 2.05) is 30.3 Å². The van der Waals surface area contributed by atoms with Crippen molar-refractivity contribution in [3.05, 3.63) is 59.9 Å². The van der Waals surface area contributed by atoms with Gasteiger partial charge in [-0.25, -0.2) is 9.78 Å². The number of nitrogens with zero attached hydrogens (tertiary/aromatic N) is 1. The first-order valence-corrected chi connectivity index (χ1v) is 6.69. The van der Waals surface area contributed by atoms with E-state index in [1.165, 1.54) is 17.8 Å². The predicted molar refractivity (Wildman–Crippen MR) is 79.2 cm³/mol. The Kier molecular flexibility index (Phi) is 5.04. The van der Waals surface area contributed by atoms with Gasteiger partial charge >= 0.3 is 5.97 Å². The summed E-state index contributed by atoms with van der Waals surface area (Å²) in [6.07, 6.45) is 3.24. The van der Waals surface area contributed by atoms with Crippen molar-refractivity contribution in [1.82, 2.24) is 4.98 Å². The molecule has 108 valence electrons. The summed E-state index contributed by atoms with van der Waals surface area (Å²) < 4.78 is 0. The minimum atomic E-state index is -1.16. The van der Waals surface area contributed by atoms with Crippen molar-refractivity contribution in [2.45, 2.75) is 19.3 Å². The van der Waals surface area contributed by atoms with E-state index in [0.29, 0.717) is 12.8 Å². The van der Waals surface area contributed by atoms with Crippen LogP contribution in [-0.2, 0) is 11.2 Å². The largest absolute Gasteiger partial charge is 0.476 e. The molecule has 2 aromatic rings. The van der Waals surface area contributed by atoms with Crippen LogP contribution in [0.4, 0.5) is 5.69 Å². The van der Waals surface area contributed by atoms with Crippen LogP contribution in [0.25, 0.3) is 0 Å². The molecule has 1 aromatic heterocycles. The molecule has 0 aliphatic heterocycles. The molecule has 0 atom stereocenters.